The first-order valence-corrected chi connectivity index (χ1v) is 5.83. The molecule has 0 aliphatic rings. The van der Waals surface area contributed by atoms with E-state index in [1.165, 1.54) is 24.3 Å². The lowest BCUT2D eigenvalue weighted by molar-refractivity contribution is 0.1000. The molecule has 0 aliphatic carbocycles. The third kappa shape index (κ3) is 3.12. The van der Waals surface area contributed by atoms with Crippen LogP contribution in [0.25, 0.3) is 0 Å². The van der Waals surface area contributed by atoms with E-state index in [1.54, 1.807) is 24.3 Å². The Kier molecular flexibility index (Phi) is 3.97. The maximum atomic E-state index is 11.8. The van der Waals surface area contributed by atoms with Gasteiger partial charge in [0.15, 0.2) is 0 Å². The van der Waals surface area contributed by atoms with Crippen LogP contribution in [0.2, 0.25) is 0 Å². The van der Waals surface area contributed by atoms with Gasteiger partial charge in [0.1, 0.15) is 0 Å². The van der Waals surface area contributed by atoms with Gasteiger partial charge < -0.3 is 11.1 Å². The highest BCUT2D eigenvalue weighted by atomic mass is 16.5. The van der Waals surface area contributed by atoms with Crippen molar-refractivity contribution >= 4 is 23.3 Å². The van der Waals surface area contributed by atoms with Crippen LogP contribution in [0.1, 0.15) is 10.4 Å². The smallest absolute Gasteiger partial charge is 0.350 e. The van der Waals surface area contributed by atoms with Crippen molar-refractivity contribution in [2.45, 2.75) is 0 Å². The Bertz CT molecular complexity index is 629. The van der Waals surface area contributed by atoms with Crippen LogP contribution in [-0.2, 0) is 0 Å². The number of carbonyl (C=O) groups excluding carboxylic acids is 2. The molecule has 0 saturated carbocycles. The molecule has 0 heterocycles. The number of urea groups is 1. The maximum absolute atomic E-state index is 11.8. The molecule has 6 nitrogen and oxygen atoms in total. The zero-order valence-corrected chi connectivity index (χ0v) is 10.5. The average molecular weight is 271 g/mol. The van der Waals surface area contributed by atoms with Gasteiger partial charge in [0.25, 0.3) is 0 Å². The first kappa shape index (κ1) is 13.6. The molecule has 0 saturated heterocycles. The Hall–Kier alpha value is -2.86. The molecule has 2 rings (SSSR count). The molecular formula is C14H13N3O3. The monoisotopic (exact) mass is 271 g/mol. The van der Waals surface area contributed by atoms with Crippen molar-refractivity contribution in [3.05, 3.63) is 60.2 Å². The molecule has 0 unspecified atom stereocenters. The Balaban J connectivity index is 2.14. The zero-order chi connectivity index (χ0) is 14.5. The van der Waals surface area contributed by atoms with E-state index in [0.29, 0.717) is 10.8 Å². The highest BCUT2D eigenvalue weighted by Crippen LogP contribution is 2.16. The van der Waals surface area contributed by atoms with Crippen molar-refractivity contribution in [1.82, 2.24) is 0 Å². The fraction of sp³-hybridized carbons (Fsp3) is 0. The van der Waals surface area contributed by atoms with Crippen LogP contribution in [0.3, 0.4) is 0 Å². The van der Waals surface area contributed by atoms with Crippen LogP contribution in [-0.4, -0.2) is 17.1 Å². The molecule has 3 amide bonds. The number of para-hydroxylation sites is 1. The van der Waals surface area contributed by atoms with Gasteiger partial charge in [-0.25, -0.2) is 4.79 Å². The molecule has 0 atom stereocenters. The number of nitrogens with two attached hydrogens (primary N) is 1. The number of nitrogens with zero attached hydrogens (tertiary/aromatic N) is 1. The molecular weight excluding hydrogens is 258 g/mol. The minimum atomic E-state index is -0.738. The molecule has 20 heavy (non-hydrogen) atoms. The Labute approximate surface area is 115 Å². The maximum Gasteiger partial charge on any atom is 0.350 e. The van der Waals surface area contributed by atoms with Crippen molar-refractivity contribution in [2.24, 2.45) is 5.73 Å². The average Bonchev–Trinajstić information content (AvgIpc) is 2.47. The Morgan fingerprint density at radius 1 is 1.05 bits per heavy atom. The fourth-order valence-electron chi connectivity index (χ4n) is 1.61. The van der Waals surface area contributed by atoms with Crippen molar-refractivity contribution in [3.63, 3.8) is 0 Å². The van der Waals surface area contributed by atoms with Crippen LogP contribution in [0, 0.1) is 0 Å². The van der Waals surface area contributed by atoms with Gasteiger partial charge in [0.2, 0.25) is 5.91 Å². The summed E-state index contributed by atoms with van der Waals surface area (Å²) in [6.07, 6.45) is 0. The number of hydrogen-bond acceptors (Lipinski definition) is 3. The minimum absolute atomic E-state index is 0.148. The zero-order valence-electron chi connectivity index (χ0n) is 10.5. The van der Waals surface area contributed by atoms with Crippen molar-refractivity contribution in [2.75, 3.05) is 10.4 Å². The summed E-state index contributed by atoms with van der Waals surface area (Å²) in [5.41, 5.74) is 6.04. The van der Waals surface area contributed by atoms with Gasteiger partial charge >= 0.3 is 6.03 Å². The van der Waals surface area contributed by atoms with E-state index >= 15 is 0 Å². The van der Waals surface area contributed by atoms with E-state index in [1.807, 2.05) is 6.07 Å². The summed E-state index contributed by atoms with van der Waals surface area (Å²) in [4.78, 5) is 22.9. The predicted octanol–water partition coefficient (Wildman–Crippen LogP) is 2.21. The van der Waals surface area contributed by atoms with Crippen LogP contribution in [0.4, 0.5) is 16.2 Å². The summed E-state index contributed by atoms with van der Waals surface area (Å²) < 4.78 is 0. The second-order valence-electron chi connectivity index (χ2n) is 4.02. The molecule has 2 aromatic rings. The van der Waals surface area contributed by atoms with E-state index in [0.717, 1.165) is 0 Å². The molecule has 6 heteroatoms. The second-order valence-corrected chi connectivity index (χ2v) is 4.02. The first-order valence-electron chi connectivity index (χ1n) is 5.83. The largest absolute Gasteiger partial charge is 0.366 e. The number of primary amides is 1. The third-order valence-electron chi connectivity index (χ3n) is 2.59. The number of hydroxylamine groups is 1. The van der Waals surface area contributed by atoms with Gasteiger partial charge in [-0.2, -0.15) is 5.06 Å². The van der Waals surface area contributed by atoms with E-state index in [-0.39, 0.29) is 11.3 Å². The van der Waals surface area contributed by atoms with Crippen LogP contribution < -0.4 is 16.1 Å². The van der Waals surface area contributed by atoms with Crippen LogP contribution in [0.5, 0.6) is 0 Å². The number of amides is 3. The number of hydrogen-bond donors (Lipinski definition) is 3. The number of nitrogens with one attached hydrogen (secondary N) is 1. The number of anilines is 2. The molecule has 4 N–H and O–H groups in total. The summed E-state index contributed by atoms with van der Waals surface area (Å²) in [6.45, 7) is 0. The standard InChI is InChI=1S/C14H13N3O3/c15-13(18)10-5-4-8-12(9-10)17(20)14(19)16-11-6-2-1-3-7-11/h1-9,20H,(H2,15,18)(H,16,19). The normalized spacial score (nSPS) is 9.85. The van der Waals surface area contributed by atoms with E-state index in [4.69, 9.17) is 5.73 Å². The summed E-state index contributed by atoms with van der Waals surface area (Å²) in [5.74, 6) is -0.635. The van der Waals surface area contributed by atoms with Crippen molar-refractivity contribution < 1.29 is 14.8 Å². The third-order valence-corrected chi connectivity index (χ3v) is 2.59. The van der Waals surface area contributed by atoms with Gasteiger partial charge in [-0.3, -0.25) is 10.0 Å². The molecule has 0 spiro atoms. The molecule has 102 valence electrons. The number of benzene rings is 2. The SMILES string of the molecule is NC(=O)c1cccc(N(O)C(=O)Nc2ccccc2)c1. The Morgan fingerprint density at radius 2 is 1.75 bits per heavy atom. The lowest BCUT2D eigenvalue weighted by atomic mass is 10.2. The molecule has 0 fully saturated rings. The quantitative estimate of drug-likeness (QED) is 0.590. The molecule has 0 aliphatic heterocycles. The number of rotatable bonds is 3. The lowest BCUT2D eigenvalue weighted by Crippen LogP contribution is -2.32. The van der Waals surface area contributed by atoms with Gasteiger partial charge in [0, 0.05) is 11.3 Å². The fourth-order valence-corrected chi connectivity index (χ4v) is 1.61. The second kappa shape index (κ2) is 5.85. The topological polar surface area (TPSA) is 95.7 Å². The van der Waals surface area contributed by atoms with Crippen molar-refractivity contribution in [3.8, 4) is 0 Å². The molecule has 0 radical (unpaired) electrons. The van der Waals surface area contributed by atoms with Gasteiger partial charge in [-0.05, 0) is 30.3 Å². The van der Waals surface area contributed by atoms with Gasteiger partial charge in [0.05, 0.1) is 5.69 Å². The summed E-state index contributed by atoms with van der Waals surface area (Å²) >= 11 is 0. The highest BCUT2D eigenvalue weighted by Gasteiger charge is 2.14. The lowest BCUT2D eigenvalue weighted by Gasteiger charge is -2.16. The van der Waals surface area contributed by atoms with Gasteiger partial charge in [-0.1, -0.05) is 24.3 Å². The Morgan fingerprint density at radius 3 is 2.40 bits per heavy atom. The van der Waals surface area contributed by atoms with E-state index < -0.39 is 11.9 Å². The molecule has 0 bridgehead atoms. The summed E-state index contributed by atoms with van der Waals surface area (Å²) in [7, 11) is 0. The molecule has 2 aromatic carbocycles. The van der Waals surface area contributed by atoms with Crippen LogP contribution in [0.15, 0.2) is 54.6 Å². The molecule has 0 aromatic heterocycles. The summed E-state index contributed by atoms with van der Waals surface area (Å²) in [5, 5.41) is 12.8. The highest BCUT2D eigenvalue weighted by molar-refractivity contribution is 6.01. The van der Waals surface area contributed by atoms with E-state index in [9.17, 15) is 14.8 Å². The predicted molar refractivity (Wildman–Crippen MR) is 74.7 cm³/mol. The van der Waals surface area contributed by atoms with Gasteiger partial charge in [-0.15, -0.1) is 0 Å². The first-order chi connectivity index (χ1) is 9.58. The van der Waals surface area contributed by atoms with Crippen LogP contribution >= 0.6 is 0 Å². The minimum Gasteiger partial charge on any atom is -0.366 e. The summed E-state index contributed by atoms with van der Waals surface area (Å²) in [6, 6.07) is 13.8. The number of carbonyl (C=O) groups is 2. The van der Waals surface area contributed by atoms with Crippen molar-refractivity contribution in [1.29, 1.82) is 0 Å². The van der Waals surface area contributed by atoms with E-state index in [2.05, 4.69) is 5.32 Å².